The van der Waals surface area contributed by atoms with Crippen LogP contribution in [0.2, 0.25) is 0 Å². The zero-order chi connectivity index (χ0) is 28.5. The van der Waals surface area contributed by atoms with Crippen molar-refractivity contribution in [1.82, 2.24) is 19.1 Å². The maximum absolute atomic E-state index is 13.3. The minimum absolute atomic E-state index is 0.186. The van der Waals surface area contributed by atoms with Crippen LogP contribution in [0, 0.1) is 11.8 Å². The quantitative estimate of drug-likeness (QED) is 0.422. The Bertz CT molecular complexity index is 1480. The Balaban J connectivity index is 0.00000172. The summed E-state index contributed by atoms with van der Waals surface area (Å²) >= 11 is 0. The van der Waals surface area contributed by atoms with Gasteiger partial charge in [0.05, 0.1) is 16.5 Å². The number of aromatic amines is 1. The number of rotatable bonds is 5. The van der Waals surface area contributed by atoms with Crippen LogP contribution in [0.1, 0.15) is 78.3 Å². The third kappa shape index (κ3) is 5.63. The number of H-pyrrole nitrogens is 1. The van der Waals surface area contributed by atoms with Crippen molar-refractivity contribution in [2.24, 2.45) is 0 Å². The lowest BCUT2D eigenvalue weighted by Gasteiger charge is -2.34. The smallest absolute Gasteiger partial charge is 0.327 e. The lowest BCUT2D eigenvalue weighted by atomic mass is 9.95. The minimum Gasteiger partial charge on any atom is -0.459 e. The highest BCUT2D eigenvalue weighted by atomic mass is 32.2. The van der Waals surface area contributed by atoms with Crippen LogP contribution < -0.4 is 10.9 Å². The monoisotopic (exact) mass is 552 g/mol. The third-order valence-electron chi connectivity index (χ3n) is 7.10. The summed E-state index contributed by atoms with van der Waals surface area (Å²) in [6, 6.07) is 7.75. The SMILES string of the molecule is C#N.CC(C)(C)OC(=O)C(C)(C)N1Cc2cc(Nc3nn(C4CCCCC4)c4cc[nH]c(=O)c34)ccc2S1=O. The van der Waals surface area contributed by atoms with Gasteiger partial charge >= 0.3 is 5.97 Å². The standard InChI is InChI=1S/C27H35N5O4S.CHN/c1-26(2,3)36-25(34)27(4,5)31-16-17-15-18(11-12-21(17)37(31)35)29-23-22-20(13-14-28-24(22)33)32(30-23)19-9-7-6-8-10-19;1-2/h11-15,19H,6-10,16H2,1-5H3,(H,28,33)(H,29,30);1H. The molecule has 1 fully saturated rings. The van der Waals surface area contributed by atoms with E-state index in [0.29, 0.717) is 22.6 Å². The summed E-state index contributed by atoms with van der Waals surface area (Å²) in [6.45, 7) is 12.8. The van der Waals surface area contributed by atoms with Gasteiger partial charge < -0.3 is 15.0 Å². The van der Waals surface area contributed by atoms with Gasteiger partial charge in [0.1, 0.15) is 27.5 Å². The van der Waals surface area contributed by atoms with Gasteiger partial charge in [-0.1, -0.05) is 19.3 Å². The maximum Gasteiger partial charge on any atom is 0.327 e. The number of hydrogen-bond acceptors (Lipinski definition) is 7. The van der Waals surface area contributed by atoms with Gasteiger partial charge in [-0.15, -0.1) is 0 Å². The van der Waals surface area contributed by atoms with Crippen molar-refractivity contribution in [2.75, 3.05) is 5.32 Å². The molecular formula is C28H36N6O4S. The predicted octanol–water partition coefficient (Wildman–Crippen LogP) is 5.07. The second kappa shape index (κ2) is 10.9. The van der Waals surface area contributed by atoms with Gasteiger partial charge in [0.2, 0.25) is 0 Å². The van der Waals surface area contributed by atoms with E-state index in [0.717, 1.165) is 42.5 Å². The number of nitrogens with zero attached hydrogens (tertiary/aromatic N) is 4. The van der Waals surface area contributed by atoms with Gasteiger partial charge in [0, 0.05) is 25.0 Å². The van der Waals surface area contributed by atoms with E-state index in [1.807, 2.05) is 49.7 Å². The summed E-state index contributed by atoms with van der Waals surface area (Å²) in [5.74, 6) is 0.0888. The Labute approximate surface area is 230 Å². The second-order valence-electron chi connectivity index (χ2n) is 11.4. The Morgan fingerprint density at radius 1 is 1.15 bits per heavy atom. The van der Waals surface area contributed by atoms with Gasteiger partial charge in [0.15, 0.2) is 5.82 Å². The number of nitriles is 1. The van der Waals surface area contributed by atoms with Crippen molar-refractivity contribution in [2.45, 2.75) is 95.3 Å². The first-order chi connectivity index (χ1) is 18.5. The number of carbonyl (C=O) groups excluding carboxylic acids is 1. The van der Waals surface area contributed by atoms with Crippen molar-refractivity contribution >= 4 is 39.4 Å². The molecule has 5 rings (SSSR count). The van der Waals surface area contributed by atoms with Crippen LogP contribution in [0.25, 0.3) is 10.9 Å². The third-order valence-corrected chi connectivity index (χ3v) is 8.86. The van der Waals surface area contributed by atoms with Crippen LogP contribution in [0.5, 0.6) is 0 Å². The fourth-order valence-electron chi connectivity index (χ4n) is 5.12. The van der Waals surface area contributed by atoms with E-state index in [4.69, 9.17) is 15.1 Å². The largest absolute Gasteiger partial charge is 0.459 e. The van der Waals surface area contributed by atoms with Crippen LogP contribution >= 0.6 is 0 Å². The van der Waals surface area contributed by atoms with Gasteiger partial charge in [-0.2, -0.15) is 9.40 Å². The zero-order valence-corrected chi connectivity index (χ0v) is 23.9. The Morgan fingerprint density at radius 3 is 2.51 bits per heavy atom. The number of fused-ring (bicyclic) bond motifs is 2. The average Bonchev–Trinajstić information content (AvgIpc) is 3.43. The molecule has 0 saturated heterocycles. The molecule has 0 spiro atoms. The molecule has 1 atom stereocenters. The molecule has 1 aromatic carbocycles. The molecule has 3 heterocycles. The molecule has 2 aromatic heterocycles. The summed E-state index contributed by atoms with van der Waals surface area (Å²) in [6.07, 6.45) is 7.33. The zero-order valence-electron chi connectivity index (χ0n) is 23.1. The number of carbonyl (C=O) groups is 1. The van der Waals surface area contributed by atoms with Crippen LogP contribution in [0.3, 0.4) is 0 Å². The minimum atomic E-state index is -1.50. The van der Waals surface area contributed by atoms with Gasteiger partial charge in [0.25, 0.3) is 5.56 Å². The topological polar surface area (TPSA) is 133 Å². The number of nitrogens with one attached hydrogen (secondary N) is 2. The van der Waals surface area contributed by atoms with E-state index in [2.05, 4.69) is 16.9 Å². The highest BCUT2D eigenvalue weighted by molar-refractivity contribution is 7.83. The fraction of sp³-hybridized carbons (Fsp3) is 0.500. The molecule has 1 aliphatic carbocycles. The Morgan fingerprint density at radius 2 is 1.85 bits per heavy atom. The van der Waals surface area contributed by atoms with E-state index >= 15 is 0 Å². The molecule has 1 unspecified atom stereocenters. The van der Waals surface area contributed by atoms with Gasteiger partial charge in [-0.05, 0) is 77.3 Å². The molecule has 0 amide bonds. The molecule has 0 radical (unpaired) electrons. The molecule has 0 bridgehead atoms. The first-order valence-electron chi connectivity index (χ1n) is 13.1. The highest BCUT2D eigenvalue weighted by Crippen LogP contribution is 2.37. The number of aromatic nitrogens is 3. The van der Waals surface area contributed by atoms with Gasteiger partial charge in [-0.25, -0.2) is 9.47 Å². The first kappa shape index (κ1) is 28.5. The summed E-state index contributed by atoms with van der Waals surface area (Å²) < 4.78 is 22.6. The number of pyridine rings is 1. The lowest BCUT2D eigenvalue weighted by Crippen LogP contribution is -2.51. The van der Waals surface area contributed by atoms with Crippen LogP contribution in [-0.2, 0) is 27.1 Å². The Kier molecular flexibility index (Phi) is 8.00. The normalized spacial score (nSPS) is 18.3. The van der Waals surface area contributed by atoms with E-state index in [-0.39, 0.29) is 11.6 Å². The van der Waals surface area contributed by atoms with Crippen molar-refractivity contribution in [3.05, 3.63) is 46.4 Å². The van der Waals surface area contributed by atoms with Crippen molar-refractivity contribution in [3.63, 3.8) is 0 Å². The number of esters is 1. The summed E-state index contributed by atoms with van der Waals surface area (Å²) in [4.78, 5) is 29.1. The summed E-state index contributed by atoms with van der Waals surface area (Å²) in [5, 5.41) is 15.2. The van der Waals surface area contributed by atoms with Crippen LogP contribution in [0.4, 0.5) is 11.5 Å². The number of ether oxygens (including phenoxy) is 1. The molecule has 10 nitrogen and oxygen atoms in total. The van der Waals surface area contributed by atoms with Crippen molar-refractivity contribution < 1.29 is 13.7 Å². The van der Waals surface area contributed by atoms with E-state index in [1.54, 1.807) is 24.3 Å². The van der Waals surface area contributed by atoms with E-state index < -0.39 is 28.1 Å². The van der Waals surface area contributed by atoms with Crippen molar-refractivity contribution in [1.29, 1.82) is 5.26 Å². The molecule has 39 heavy (non-hydrogen) atoms. The number of hydrogen-bond donors (Lipinski definition) is 2. The number of benzene rings is 1. The van der Waals surface area contributed by atoms with E-state index in [1.165, 1.54) is 6.42 Å². The molecule has 11 heteroatoms. The predicted molar refractivity (Wildman–Crippen MR) is 151 cm³/mol. The Hall–Kier alpha value is -3.49. The molecule has 3 aromatic rings. The fourth-order valence-corrected chi connectivity index (χ4v) is 6.64. The average molecular weight is 553 g/mol. The molecule has 1 aliphatic heterocycles. The summed E-state index contributed by atoms with van der Waals surface area (Å²) in [5.41, 5.74) is 0.519. The molecule has 2 N–H and O–H groups in total. The number of anilines is 2. The molecule has 2 aliphatic rings. The van der Waals surface area contributed by atoms with E-state index in [9.17, 15) is 13.8 Å². The second-order valence-corrected chi connectivity index (χ2v) is 12.8. The lowest BCUT2D eigenvalue weighted by molar-refractivity contribution is -0.165. The maximum atomic E-state index is 13.3. The van der Waals surface area contributed by atoms with Crippen LogP contribution in [-0.4, -0.2) is 40.4 Å². The highest BCUT2D eigenvalue weighted by Gasteiger charge is 2.45. The molecular weight excluding hydrogens is 516 g/mol. The first-order valence-corrected chi connectivity index (χ1v) is 14.2. The van der Waals surface area contributed by atoms with Crippen molar-refractivity contribution in [3.8, 4) is 6.57 Å². The van der Waals surface area contributed by atoms with Crippen LogP contribution in [0.15, 0.2) is 40.2 Å². The molecule has 1 saturated carbocycles. The van der Waals surface area contributed by atoms with Gasteiger partial charge in [-0.3, -0.25) is 14.3 Å². The summed E-state index contributed by atoms with van der Waals surface area (Å²) in [7, 11) is -1.50. The molecule has 208 valence electrons.